The quantitative estimate of drug-likeness (QED) is 0.638. The Morgan fingerprint density at radius 3 is 3.09 bits per heavy atom. The van der Waals surface area contributed by atoms with Crippen LogP contribution in [0.25, 0.3) is 0 Å². The van der Waals surface area contributed by atoms with Gasteiger partial charge in [0.1, 0.15) is 0 Å². The van der Waals surface area contributed by atoms with Crippen molar-refractivity contribution < 1.29 is 9.18 Å². The molecule has 0 saturated carbocycles. The Morgan fingerprint density at radius 2 is 2.55 bits per heavy atom. The first-order valence-corrected chi connectivity index (χ1v) is 3.09. The summed E-state index contributed by atoms with van der Waals surface area (Å²) in [5, 5.41) is 2.02. The number of alkyl halides is 1. The molecule has 0 aromatic carbocycles. The summed E-state index contributed by atoms with van der Waals surface area (Å²) >= 11 is 0. The molecule has 1 aromatic rings. The van der Waals surface area contributed by atoms with E-state index in [1.165, 1.54) is 6.20 Å². The van der Waals surface area contributed by atoms with Gasteiger partial charge in [0, 0.05) is 12.4 Å². The topological polar surface area (TPSA) is 42.0 Å². The minimum absolute atomic E-state index is 0.366. The van der Waals surface area contributed by atoms with E-state index in [1.54, 1.807) is 18.3 Å². The van der Waals surface area contributed by atoms with Crippen molar-refractivity contribution in [3.8, 4) is 0 Å². The second-order valence-corrected chi connectivity index (χ2v) is 1.88. The van der Waals surface area contributed by atoms with E-state index in [0.29, 0.717) is 5.56 Å². The third-order valence-electron chi connectivity index (χ3n) is 1.15. The van der Waals surface area contributed by atoms with Crippen LogP contribution >= 0.6 is 0 Å². The Hall–Kier alpha value is -1.45. The first-order chi connectivity index (χ1) is 5.34. The summed E-state index contributed by atoms with van der Waals surface area (Å²) in [6.07, 6.45) is 2.93. The lowest BCUT2D eigenvalue weighted by molar-refractivity contribution is 0.0937. The van der Waals surface area contributed by atoms with E-state index >= 15 is 0 Å². The van der Waals surface area contributed by atoms with Crippen LogP contribution in [-0.4, -0.2) is 17.7 Å². The molecule has 1 rings (SSSR count). The van der Waals surface area contributed by atoms with Crippen molar-refractivity contribution in [2.75, 3.05) is 6.80 Å². The van der Waals surface area contributed by atoms with Crippen LogP contribution in [0, 0.1) is 0 Å². The normalized spacial score (nSPS) is 9.18. The molecule has 3 nitrogen and oxygen atoms in total. The summed E-state index contributed by atoms with van der Waals surface area (Å²) < 4.78 is 11.6. The van der Waals surface area contributed by atoms with Gasteiger partial charge in [0.15, 0.2) is 6.80 Å². The average Bonchev–Trinajstić information content (AvgIpc) is 2.07. The van der Waals surface area contributed by atoms with Crippen LogP contribution in [0.15, 0.2) is 24.5 Å². The monoisotopic (exact) mass is 154 g/mol. The fourth-order valence-corrected chi connectivity index (χ4v) is 0.660. The fourth-order valence-electron chi connectivity index (χ4n) is 0.660. The molecule has 0 unspecified atom stereocenters. The molecular formula is C7H7FN2O. The molecule has 0 fully saturated rings. The van der Waals surface area contributed by atoms with Crippen molar-refractivity contribution in [3.63, 3.8) is 0 Å². The average molecular weight is 154 g/mol. The number of carbonyl (C=O) groups is 1. The lowest BCUT2D eigenvalue weighted by Crippen LogP contribution is -2.21. The first kappa shape index (κ1) is 7.65. The number of nitrogens with zero attached hydrogens (tertiary/aromatic N) is 1. The highest BCUT2D eigenvalue weighted by Gasteiger charge is 2.01. The molecule has 0 aliphatic carbocycles. The highest BCUT2D eigenvalue weighted by molar-refractivity contribution is 5.93. The summed E-state index contributed by atoms with van der Waals surface area (Å²) in [5.41, 5.74) is 0.366. The molecule has 0 bridgehead atoms. The van der Waals surface area contributed by atoms with Gasteiger partial charge in [0.05, 0.1) is 5.56 Å². The van der Waals surface area contributed by atoms with E-state index in [4.69, 9.17) is 0 Å². The SMILES string of the molecule is O=C(NCF)c1cccnc1. The predicted octanol–water partition coefficient (Wildman–Crippen LogP) is 0.738. The second-order valence-electron chi connectivity index (χ2n) is 1.88. The van der Waals surface area contributed by atoms with Gasteiger partial charge in [-0.25, -0.2) is 4.39 Å². The summed E-state index contributed by atoms with van der Waals surface area (Å²) in [5.74, 6) is -0.444. The number of hydrogen-bond acceptors (Lipinski definition) is 2. The zero-order valence-corrected chi connectivity index (χ0v) is 5.75. The fraction of sp³-hybridized carbons (Fsp3) is 0.143. The van der Waals surface area contributed by atoms with Crippen molar-refractivity contribution >= 4 is 5.91 Å². The number of carbonyl (C=O) groups excluding carboxylic acids is 1. The molecule has 58 valence electrons. The molecule has 0 radical (unpaired) electrons. The number of pyridine rings is 1. The van der Waals surface area contributed by atoms with Crippen molar-refractivity contribution in [1.82, 2.24) is 10.3 Å². The van der Waals surface area contributed by atoms with E-state index in [0.717, 1.165) is 0 Å². The minimum atomic E-state index is -0.853. The Labute approximate surface area is 63.3 Å². The van der Waals surface area contributed by atoms with Crippen molar-refractivity contribution in [2.45, 2.75) is 0 Å². The van der Waals surface area contributed by atoms with Crippen LogP contribution in [-0.2, 0) is 0 Å². The summed E-state index contributed by atoms with van der Waals surface area (Å²) in [6.45, 7) is -0.853. The molecule has 0 saturated heterocycles. The molecule has 11 heavy (non-hydrogen) atoms. The molecular weight excluding hydrogens is 147 g/mol. The van der Waals surface area contributed by atoms with Crippen molar-refractivity contribution in [1.29, 1.82) is 0 Å². The zero-order valence-electron chi connectivity index (χ0n) is 5.75. The van der Waals surface area contributed by atoms with Gasteiger partial charge in [0.2, 0.25) is 0 Å². The van der Waals surface area contributed by atoms with E-state index in [2.05, 4.69) is 4.98 Å². The molecule has 1 heterocycles. The number of aromatic nitrogens is 1. The number of halogens is 1. The highest BCUT2D eigenvalue weighted by Crippen LogP contribution is 1.93. The maximum atomic E-state index is 11.6. The highest BCUT2D eigenvalue weighted by atomic mass is 19.1. The smallest absolute Gasteiger partial charge is 0.254 e. The number of nitrogens with one attached hydrogen (secondary N) is 1. The molecule has 0 aliphatic rings. The molecule has 0 spiro atoms. The summed E-state index contributed by atoms with van der Waals surface area (Å²) in [6, 6.07) is 3.19. The third-order valence-corrected chi connectivity index (χ3v) is 1.15. The minimum Gasteiger partial charge on any atom is -0.325 e. The van der Waals surface area contributed by atoms with Crippen LogP contribution in [0.5, 0.6) is 0 Å². The molecule has 0 aliphatic heterocycles. The van der Waals surface area contributed by atoms with Gasteiger partial charge in [-0.1, -0.05) is 0 Å². The molecule has 1 aromatic heterocycles. The molecule has 1 amide bonds. The molecule has 0 atom stereocenters. The Kier molecular flexibility index (Phi) is 2.54. The van der Waals surface area contributed by atoms with Crippen LogP contribution in [0.1, 0.15) is 10.4 Å². The van der Waals surface area contributed by atoms with Gasteiger partial charge < -0.3 is 5.32 Å². The Bertz CT molecular complexity index is 237. The van der Waals surface area contributed by atoms with Crippen LogP contribution in [0.4, 0.5) is 4.39 Å². The summed E-state index contributed by atoms with van der Waals surface area (Å²) in [4.78, 5) is 14.6. The maximum Gasteiger partial charge on any atom is 0.254 e. The standard InChI is InChI=1S/C7H7FN2O/c8-5-10-7(11)6-2-1-3-9-4-6/h1-4H,5H2,(H,10,11). The van der Waals surface area contributed by atoms with Crippen LogP contribution in [0.2, 0.25) is 0 Å². The number of amides is 1. The van der Waals surface area contributed by atoms with E-state index in [9.17, 15) is 9.18 Å². The predicted molar refractivity (Wildman–Crippen MR) is 37.7 cm³/mol. The Morgan fingerprint density at radius 1 is 1.73 bits per heavy atom. The van der Waals surface area contributed by atoms with Crippen LogP contribution < -0.4 is 5.32 Å². The van der Waals surface area contributed by atoms with Crippen LogP contribution in [0.3, 0.4) is 0 Å². The number of rotatable bonds is 2. The lowest BCUT2D eigenvalue weighted by atomic mass is 10.3. The third kappa shape index (κ3) is 2.00. The van der Waals surface area contributed by atoms with E-state index in [-0.39, 0.29) is 0 Å². The summed E-state index contributed by atoms with van der Waals surface area (Å²) in [7, 11) is 0. The molecule has 4 heteroatoms. The largest absolute Gasteiger partial charge is 0.325 e. The van der Waals surface area contributed by atoms with Gasteiger partial charge in [-0.05, 0) is 12.1 Å². The van der Waals surface area contributed by atoms with Gasteiger partial charge in [-0.3, -0.25) is 9.78 Å². The molecule has 1 N–H and O–H groups in total. The van der Waals surface area contributed by atoms with E-state index < -0.39 is 12.7 Å². The van der Waals surface area contributed by atoms with Gasteiger partial charge in [-0.2, -0.15) is 0 Å². The van der Waals surface area contributed by atoms with Crippen molar-refractivity contribution in [2.24, 2.45) is 0 Å². The maximum absolute atomic E-state index is 11.6. The van der Waals surface area contributed by atoms with Crippen molar-refractivity contribution in [3.05, 3.63) is 30.1 Å². The Balaban J connectivity index is 2.69. The van der Waals surface area contributed by atoms with E-state index in [1.807, 2.05) is 5.32 Å². The second kappa shape index (κ2) is 3.65. The van der Waals surface area contributed by atoms with Gasteiger partial charge in [0.25, 0.3) is 5.91 Å². The van der Waals surface area contributed by atoms with Gasteiger partial charge in [-0.15, -0.1) is 0 Å². The first-order valence-electron chi connectivity index (χ1n) is 3.09. The lowest BCUT2D eigenvalue weighted by Gasteiger charge is -1.97. The number of hydrogen-bond donors (Lipinski definition) is 1. The van der Waals surface area contributed by atoms with Gasteiger partial charge >= 0.3 is 0 Å². The zero-order chi connectivity index (χ0) is 8.10.